The fourth-order valence-corrected chi connectivity index (χ4v) is 3.14. The number of benzene rings is 1. The number of para-hydroxylation sites is 1. The van der Waals surface area contributed by atoms with Gasteiger partial charge in [0.1, 0.15) is 22.9 Å². The number of aromatic nitrogens is 2. The summed E-state index contributed by atoms with van der Waals surface area (Å²) in [6, 6.07) is 12.4. The minimum Gasteiger partial charge on any atom is -0.435 e. The lowest BCUT2D eigenvalue weighted by molar-refractivity contribution is -0.130. The third-order valence-corrected chi connectivity index (χ3v) is 4.72. The van der Waals surface area contributed by atoms with Crippen LogP contribution in [-0.2, 0) is 9.53 Å². The first-order chi connectivity index (χ1) is 15.1. The lowest BCUT2D eigenvalue weighted by Gasteiger charge is -2.26. The number of halogens is 1. The number of morpholine rings is 1. The molecule has 0 aliphatic carbocycles. The molecule has 1 aliphatic rings. The molecule has 8 nitrogen and oxygen atoms in total. The largest absolute Gasteiger partial charge is 0.435 e. The van der Waals surface area contributed by atoms with Crippen molar-refractivity contribution in [2.45, 2.75) is 0 Å². The summed E-state index contributed by atoms with van der Waals surface area (Å²) in [4.78, 5) is 31.7. The van der Waals surface area contributed by atoms with Gasteiger partial charge >= 0.3 is 0 Å². The van der Waals surface area contributed by atoms with Crippen molar-refractivity contribution >= 4 is 17.6 Å². The normalized spacial score (nSPS) is 14.3. The summed E-state index contributed by atoms with van der Waals surface area (Å²) in [5.74, 6) is -1.51. The van der Waals surface area contributed by atoms with E-state index < -0.39 is 17.3 Å². The van der Waals surface area contributed by atoms with E-state index in [9.17, 15) is 19.2 Å². The van der Waals surface area contributed by atoms with Gasteiger partial charge in [0.05, 0.1) is 13.2 Å². The van der Waals surface area contributed by atoms with Gasteiger partial charge in [0.25, 0.3) is 11.5 Å². The van der Waals surface area contributed by atoms with Crippen molar-refractivity contribution in [2.24, 2.45) is 0 Å². The Hall–Kier alpha value is -4.03. The fourth-order valence-electron chi connectivity index (χ4n) is 3.14. The van der Waals surface area contributed by atoms with Crippen LogP contribution in [0.25, 0.3) is 11.7 Å². The van der Waals surface area contributed by atoms with Gasteiger partial charge in [-0.3, -0.25) is 14.0 Å². The molecular weight excluding hydrogens is 403 g/mol. The zero-order valence-corrected chi connectivity index (χ0v) is 16.3. The van der Waals surface area contributed by atoms with Crippen LogP contribution in [-0.4, -0.2) is 46.5 Å². The third-order valence-electron chi connectivity index (χ3n) is 4.72. The molecule has 0 spiro atoms. The summed E-state index contributed by atoms with van der Waals surface area (Å²) in [6.45, 7) is 1.41. The van der Waals surface area contributed by atoms with Crippen molar-refractivity contribution in [1.29, 1.82) is 5.26 Å². The third kappa shape index (κ3) is 4.15. The Labute approximate surface area is 176 Å². The number of fused-ring (bicyclic) bond motifs is 1. The maximum atomic E-state index is 14.1. The van der Waals surface area contributed by atoms with E-state index in [0.717, 1.165) is 6.08 Å². The minimum absolute atomic E-state index is 0.134. The molecule has 0 saturated carbocycles. The fraction of sp³-hybridized carbons (Fsp3) is 0.182. The van der Waals surface area contributed by atoms with Gasteiger partial charge in [0.15, 0.2) is 11.6 Å². The Kier molecular flexibility index (Phi) is 5.73. The number of carbonyl (C=O) groups excluding carboxylic acids is 1. The predicted octanol–water partition coefficient (Wildman–Crippen LogP) is 2.39. The standard InChI is InChI=1S/C22H17FN4O4/c23-17-5-1-2-6-18(17)31-20-16(22(29)27-8-4-3-7-19(27)25-20)13-15(14-24)21(28)26-9-11-30-12-10-26/h1-8,13H,9-12H2. The molecule has 0 radical (unpaired) electrons. The van der Waals surface area contributed by atoms with Crippen molar-refractivity contribution in [3.05, 3.63) is 76.0 Å². The molecule has 3 heterocycles. The average molecular weight is 420 g/mol. The predicted molar refractivity (Wildman–Crippen MR) is 109 cm³/mol. The summed E-state index contributed by atoms with van der Waals surface area (Å²) in [7, 11) is 0. The van der Waals surface area contributed by atoms with Gasteiger partial charge in [-0.15, -0.1) is 0 Å². The Morgan fingerprint density at radius 3 is 2.68 bits per heavy atom. The second kappa shape index (κ2) is 8.77. The lowest BCUT2D eigenvalue weighted by Crippen LogP contribution is -2.41. The number of ether oxygens (including phenoxy) is 2. The number of hydrogen-bond acceptors (Lipinski definition) is 6. The van der Waals surface area contributed by atoms with Gasteiger partial charge in [-0.25, -0.2) is 4.39 Å². The number of nitrogens with zero attached hydrogens (tertiary/aromatic N) is 4. The number of rotatable bonds is 4. The molecule has 31 heavy (non-hydrogen) atoms. The van der Waals surface area contributed by atoms with Crippen LogP contribution in [0.1, 0.15) is 5.56 Å². The van der Waals surface area contributed by atoms with Crippen LogP contribution < -0.4 is 10.3 Å². The second-order valence-electron chi connectivity index (χ2n) is 6.67. The van der Waals surface area contributed by atoms with Crippen molar-refractivity contribution < 1.29 is 18.7 Å². The zero-order valence-electron chi connectivity index (χ0n) is 16.3. The van der Waals surface area contributed by atoms with E-state index in [0.29, 0.717) is 26.3 Å². The maximum Gasteiger partial charge on any atom is 0.269 e. The zero-order chi connectivity index (χ0) is 21.8. The second-order valence-corrected chi connectivity index (χ2v) is 6.67. The van der Waals surface area contributed by atoms with Gasteiger partial charge in [0, 0.05) is 19.3 Å². The molecule has 0 N–H and O–H groups in total. The van der Waals surface area contributed by atoms with E-state index in [1.165, 1.54) is 33.7 Å². The van der Waals surface area contributed by atoms with Crippen LogP contribution in [0, 0.1) is 17.1 Å². The highest BCUT2D eigenvalue weighted by atomic mass is 19.1. The van der Waals surface area contributed by atoms with Crippen LogP contribution in [0.4, 0.5) is 4.39 Å². The Bertz CT molecular complexity index is 1270. The van der Waals surface area contributed by atoms with Crippen LogP contribution in [0.15, 0.2) is 59.0 Å². The van der Waals surface area contributed by atoms with E-state index in [2.05, 4.69) is 4.98 Å². The molecule has 1 aliphatic heterocycles. The molecule has 2 aromatic heterocycles. The molecular formula is C22H17FN4O4. The molecule has 1 fully saturated rings. The highest BCUT2D eigenvalue weighted by Gasteiger charge is 2.23. The number of amides is 1. The molecule has 3 aromatic rings. The average Bonchev–Trinajstić information content (AvgIpc) is 2.81. The Balaban J connectivity index is 1.84. The van der Waals surface area contributed by atoms with Crippen molar-refractivity contribution in [3.8, 4) is 17.7 Å². The molecule has 4 rings (SSSR count). The first-order valence-corrected chi connectivity index (χ1v) is 9.51. The number of carbonyl (C=O) groups is 1. The van der Waals surface area contributed by atoms with Gasteiger partial charge in [-0.2, -0.15) is 10.2 Å². The van der Waals surface area contributed by atoms with E-state index in [1.807, 2.05) is 6.07 Å². The monoisotopic (exact) mass is 420 g/mol. The molecule has 1 saturated heterocycles. The smallest absolute Gasteiger partial charge is 0.269 e. The van der Waals surface area contributed by atoms with Gasteiger partial charge in [0.2, 0.25) is 5.88 Å². The highest BCUT2D eigenvalue weighted by Crippen LogP contribution is 2.26. The maximum absolute atomic E-state index is 14.1. The Morgan fingerprint density at radius 1 is 1.19 bits per heavy atom. The lowest BCUT2D eigenvalue weighted by atomic mass is 10.1. The summed E-state index contributed by atoms with van der Waals surface area (Å²) in [6.07, 6.45) is 2.65. The quantitative estimate of drug-likeness (QED) is 0.475. The summed E-state index contributed by atoms with van der Waals surface area (Å²) < 4.78 is 26.2. The molecule has 9 heteroatoms. The van der Waals surface area contributed by atoms with E-state index in [-0.39, 0.29) is 28.4 Å². The summed E-state index contributed by atoms with van der Waals surface area (Å²) in [5.41, 5.74) is -0.673. The van der Waals surface area contributed by atoms with Crippen molar-refractivity contribution in [1.82, 2.24) is 14.3 Å². The van der Waals surface area contributed by atoms with Gasteiger partial charge < -0.3 is 14.4 Å². The molecule has 1 amide bonds. The molecule has 1 aromatic carbocycles. The number of pyridine rings is 1. The molecule has 0 unspecified atom stereocenters. The van der Waals surface area contributed by atoms with E-state index in [4.69, 9.17) is 9.47 Å². The van der Waals surface area contributed by atoms with Crippen LogP contribution in [0.3, 0.4) is 0 Å². The number of hydrogen-bond donors (Lipinski definition) is 0. The Morgan fingerprint density at radius 2 is 1.94 bits per heavy atom. The summed E-state index contributed by atoms with van der Waals surface area (Å²) >= 11 is 0. The van der Waals surface area contributed by atoms with Crippen LogP contribution in [0.2, 0.25) is 0 Å². The van der Waals surface area contributed by atoms with Crippen LogP contribution in [0.5, 0.6) is 11.6 Å². The van der Waals surface area contributed by atoms with E-state index in [1.54, 1.807) is 24.3 Å². The minimum atomic E-state index is -0.641. The highest BCUT2D eigenvalue weighted by molar-refractivity contribution is 6.02. The van der Waals surface area contributed by atoms with Crippen molar-refractivity contribution in [2.75, 3.05) is 26.3 Å². The first-order valence-electron chi connectivity index (χ1n) is 9.51. The topological polar surface area (TPSA) is 96.9 Å². The molecule has 0 atom stereocenters. The van der Waals surface area contributed by atoms with Crippen LogP contribution >= 0.6 is 0 Å². The van der Waals surface area contributed by atoms with Gasteiger partial charge in [-0.1, -0.05) is 18.2 Å². The van der Waals surface area contributed by atoms with Gasteiger partial charge in [-0.05, 0) is 30.3 Å². The molecule has 0 bridgehead atoms. The van der Waals surface area contributed by atoms with E-state index >= 15 is 0 Å². The van der Waals surface area contributed by atoms with Crippen molar-refractivity contribution in [3.63, 3.8) is 0 Å². The number of nitriles is 1. The summed E-state index contributed by atoms with van der Waals surface area (Å²) in [5, 5.41) is 9.59. The first kappa shape index (κ1) is 20.3. The SMILES string of the molecule is N#CC(=Cc1c(Oc2ccccc2F)nc2ccccn2c1=O)C(=O)N1CCOCC1. The molecule has 156 valence electrons.